The van der Waals surface area contributed by atoms with Crippen LogP contribution in [0.5, 0.6) is 0 Å². The molecule has 0 bridgehead atoms. The average molecular weight is 269 g/mol. The number of nitrogens with two attached hydrogens (primary N) is 1. The number of aromatic nitrogens is 1. The van der Waals surface area contributed by atoms with Crippen LogP contribution in [0.3, 0.4) is 0 Å². The first kappa shape index (κ1) is 13.8. The smallest absolute Gasteiger partial charge is 0.294 e. The maximum Gasteiger partial charge on any atom is 0.294 e. The second kappa shape index (κ2) is 6.04. The van der Waals surface area contributed by atoms with Crippen molar-refractivity contribution in [3.05, 3.63) is 46.8 Å². The lowest BCUT2D eigenvalue weighted by Gasteiger charge is -2.05. The third kappa shape index (κ3) is 3.25. The van der Waals surface area contributed by atoms with Gasteiger partial charge in [0.05, 0.1) is 12.7 Å². The molecule has 5 nitrogen and oxygen atoms in total. The van der Waals surface area contributed by atoms with Crippen molar-refractivity contribution < 1.29 is 9.32 Å². The number of nitrogens with one attached hydrogen (secondary N) is 1. The van der Waals surface area contributed by atoms with E-state index >= 15 is 0 Å². The Morgan fingerprint density at radius 2 is 2.20 bits per heavy atom. The van der Waals surface area contributed by atoms with Gasteiger partial charge in [-0.05, 0) is 37.6 Å². The highest BCUT2D eigenvalue weighted by molar-refractivity contribution is 6.03. The fourth-order valence-electron chi connectivity index (χ4n) is 1.78. The lowest BCUT2D eigenvalue weighted by molar-refractivity contribution is 0.0987. The highest BCUT2D eigenvalue weighted by Crippen LogP contribution is 2.16. The number of amides is 1. The van der Waals surface area contributed by atoms with Gasteiger partial charge in [-0.25, -0.2) is 0 Å². The minimum atomic E-state index is -0.330. The molecule has 0 saturated carbocycles. The standard InChI is InChI=1S/C15H15N3O2/c1-10-6-12(4-3-5-16)8-13(7-10)18-15(19)14-11(2)9-17-20-14/h6-9H,5,16H2,1-2H3,(H,18,19). The van der Waals surface area contributed by atoms with Crippen molar-refractivity contribution in [3.63, 3.8) is 0 Å². The van der Waals surface area contributed by atoms with Gasteiger partial charge >= 0.3 is 0 Å². The molecule has 1 heterocycles. The van der Waals surface area contributed by atoms with E-state index in [4.69, 9.17) is 10.3 Å². The van der Waals surface area contributed by atoms with E-state index < -0.39 is 0 Å². The number of hydrogen-bond acceptors (Lipinski definition) is 4. The van der Waals surface area contributed by atoms with Gasteiger partial charge in [-0.1, -0.05) is 17.0 Å². The second-order valence-electron chi connectivity index (χ2n) is 4.39. The van der Waals surface area contributed by atoms with Crippen LogP contribution in [-0.2, 0) is 0 Å². The molecule has 2 rings (SSSR count). The molecule has 0 aliphatic heterocycles. The minimum Gasteiger partial charge on any atom is -0.351 e. The number of anilines is 1. The molecule has 0 spiro atoms. The third-order valence-corrected chi connectivity index (χ3v) is 2.62. The zero-order chi connectivity index (χ0) is 14.5. The van der Waals surface area contributed by atoms with Crippen LogP contribution in [-0.4, -0.2) is 17.6 Å². The zero-order valence-corrected chi connectivity index (χ0v) is 11.4. The molecule has 0 aliphatic carbocycles. The summed E-state index contributed by atoms with van der Waals surface area (Å²) >= 11 is 0. The first-order chi connectivity index (χ1) is 9.60. The first-order valence-corrected chi connectivity index (χ1v) is 6.13. The van der Waals surface area contributed by atoms with Crippen LogP contribution >= 0.6 is 0 Å². The molecule has 0 aliphatic rings. The summed E-state index contributed by atoms with van der Waals surface area (Å²) in [6.45, 7) is 4.00. The van der Waals surface area contributed by atoms with Crippen molar-refractivity contribution in [3.8, 4) is 11.8 Å². The Kier molecular flexibility index (Phi) is 4.18. The molecule has 3 N–H and O–H groups in total. The Morgan fingerprint density at radius 1 is 1.40 bits per heavy atom. The van der Waals surface area contributed by atoms with Crippen molar-refractivity contribution in [2.45, 2.75) is 13.8 Å². The van der Waals surface area contributed by atoms with Crippen molar-refractivity contribution in [2.24, 2.45) is 5.73 Å². The van der Waals surface area contributed by atoms with Crippen molar-refractivity contribution >= 4 is 11.6 Å². The summed E-state index contributed by atoms with van der Waals surface area (Å²) in [5.74, 6) is 5.61. The summed E-state index contributed by atoms with van der Waals surface area (Å²) in [7, 11) is 0. The van der Waals surface area contributed by atoms with E-state index in [2.05, 4.69) is 22.3 Å². The Balaban J connectivity index is 2.23. The molecule has 1 aromatic heterocycles. The fraction of sp³-hybridized carbons (Fsp3) is 0.200. The van der Waals surface area contributed by atoms with Gasteiger partial charge in [-0.3, -0.25) is 4.79 Å². The molecule has 20 heavy (non-hydrogen) atoms. The molecule has 0 radical (unpaired) electrons. The van der Waals surface area contributed by atoms with Crippen LogP contribution < -0.4 is 11.1 Å². The fourth-order valence-corrected chi connectivity index (χ4v) is 1.78. The number of hydrogen-bond donors (Lipinski definition) is 2. The van der Waals surface area contributed by atoms with Gasteiger partial charge in [0.15, 0.2) is 0 Å². The van der Waals surface area contributed by atoms with Crippen LogP contribution in [0.2, 0.25) is 0 Å². The molecular weight excluding hydrogens is 254 g/mol. The molecule has 102 valence electrons. The SMILES string of the molecule is Cc1cc(C#CCN)cc(NC(=O)c2oncc2C)c1. The molecule has 0 saturated heterocycles. The van der Waals surface area contributed by atoms with E-state index in [1.54, 1.807) is 13.0 Å². The summed E-state index contributed by atoms with van der Waals surface area (Å²) in [6.07, 6.45) is 1.50. The van der Waals surface area contributed by atoms with Gasteiger partial charge in [-0.15, -0.1) is 0 Å². The molecule has 1 amide bonds. The second-order valence-corrected chi connectivity index (χ2v) is 4.39. The van der Waals surface area contributed by atoms with E-state index in [1.807, 2.05) is 19.1 Å². The van der Waals surface area contributed by atoms with E-state index in [0.717, 1.165) is 11.1 Å². The van der Waals surface area contributed by atoms with Gasteiger partial charge in [0.2, 0.25) is 5.76 Å². The maximum absolute atomic E-state index is 12.0. The van der Waals surface area contributed by atoms with Crippen LogP contribution in [0, 0.1) is 25.7 Å². The summed E-state index contributed by atoms with van der Waals surface area (Å²) in [6, 6.07) is 5.58. The largest absolute Gasteiger partial charge is 0.351 e. The molecule has 0 unspecified atom stereocenters. The Morgan fingerprint density at radius 3 is 2.85 bits per heavy atom. The Labute approximate surface area is 117 Å². The lowest BCUT2D eigenvalue weighted by Crippen LogP contribution is -2.12. The van der Waals surface area contributed by atoms with Gasteiger partial charge in [0, 0.05) is 16.8 Å². The van der Waals surface area contributed by atoms with E-state index in [0.29, 0.717) is 17.8 Å². The molecule has 2 aromatic rings. The van der Waals surface area contributed by atoms with Crippen molar-refractivity contribution in [1.29, 1.82) is 0 Å². The van der Waals surface area contributed by atoms with Crippen LogP contribution in [0.4, 0.5) is 5.69 Å². The van der Waals surface area contributed by atoms with E-state index in [9.17, 15) is 4.79 Å². The zero-order valence-electron chi connectivity index (χ0n) is 11.4. The lowest BCUT2D eigenvalue weighted by atomic mass is 10.1. The topological polar surface area (TPSA) is 81.1 Å². The number of carbonyl (C=O) groups is 1. The minimum absolute atomic E-state index is 0.209. The van der Waals surface area contributed by atoms with Crippen molar-refractivity contribution in [2.75, 3.05) is 11.9 Å². The molecule has 5 heteroatoms. The number of aryl methyl sites for hydroxylation is 2. The normalized spacial score (nSPS) is 9.75. The van der Waals surface area contributed by atoms with Crippen LogP contribution in [0.1, 0.15) is 27.2 Å². The summed E-state index contributed by atoms with van der Waals surface area (Å²) in [4.78, 5) is 12.0. The van der Waals surface area contributed by atoms with Crippen molar-refractivity contribution in [1.82, 2.24) is 5.16 Å². The Hall–Kier alpha value is -2.58. The van der Waals surface area contributed by atoms with Gasteiger partial charge < -0.3 is 15.6 Å². The van der Waals surface area contributed by atoms with Crippen LogP contribution in [0.15, 0.2) is 28.9 Å². The predicted octanol–water partition coefficient (Wildman–Crippen LogP) is 1.85. The predicted molar refractivity (Wildman–Crippen MR) is 76.3 cm³/mol. The molecule has 0 atom stereocenters. The summed E-state index contributed by atoms with van der Waals surface area (Å²) in [5.41, 5.74) is 8.51. The number of carbonyl (C=O) groups excluding carboxylic acids is 1. The summed E-state index contributed by atoms with van der Waals surface area (Å²) in [5, 5.41) is 6.36. The summed E-state index contributed by atoms with van der Waals surface area (Å²) < 4.78 is 4.92. The average Bonchev–Trinajstić information content (AvgIpc) is 2.82. The number of nitrogens with zero attached hydrogens (tertiary/aromatic N) is 1. The highest BCUT2D eigenvalue weighted by atomic mass is 16.5. The monoisotopic (exact) mass is 269 g/mol. The number of benzene rings is 1. The van der Waals surface area contributed by atoms with E-state index in [1.165, 1.54) is 6.20 Å². The molecule has 1 aromatic carbocycles. The third-order valence-electron chi connectivity index (χ3n) is 2.62. The van der Waals surface area contributed by atoms with Gasteiger partial charge in [0.1, 0.15) is 0 Å². The molecule has 0 fully saturated rings. The maximum atomic E-state index is 12.0. The van der Waals surface area contributed by atoms with E-state index in [-0.39, 0.29) is 11.7 Å². The highest BCUT2D eigenvalue weighted by Gasteiger charge is 2.14. The van der Waals surface area contributed by atoms with Gasteiger partial charge in [0.25, 0.3) is 5.91 Å². The number of rotatable bonds is 2. The Bertz CT molecular complexity index is 693. The molecular formula is C15H15N3O2. The first-order valence-electron chi connectivity index (χ1n) is 6.13. The quantitative estimate of drug-likeness (QED) is 0.815. The van der Waals surface area contributed by atoms with Gasteiger partial charge in [-0.2, -0.15) is 0 Å². The van der Waals surface area contributed by atoms with Crippen LogP contribution in [0.25, 0.3) is 0 Å².